The third-order valence-electron chi connectivity index (χ3n) is 5.73. The topological polar surface area (TPSA) is 67.9 Å². The highest BCUT2D eigenvalue weighted by molar-refractivity contribution is 5.96. The number of nitrogens with zero attached hydrogens (tertiary/aromatic N) is 1. The molecule has 6 heteroatoms. The van der Waals surface area contributed by atoms with E-state index in [0.717, 1.165) is 16.9 Å². The first-order chi connectivity index (χ1) is 13.5. The van der Waals surface area contributed by atoms with Crippen LogP contribution in [0.1, 0.15) is 27.9 Å². The molecule has 6 nitrogen and oxygen atoms in total. The van der Waals surface area contributed by atoms with Gasteiger partial charge >= 0.3 is 0 Å². The zero-order chi connectivity index (χ0) is 19.7. The molecule has 2 aromatic rings. The average Bonchev–Trinajstić information content (AvgIpc) is 2.73. The zero-order valence-electron chi connectivity index (χ0n) is 16.1. The SMILES string of the molecule is COc1ccc(C(=O)N2CC[C@@]3(c4ccccc4)NC(=O)CO[C@@H]3C2)c(C)c1. The number of ether oxygens (including phenoxy) is 2. The molecule has 2 saturated heterocycles. The molecule has 146 valence electrons. The van der Waals surface area contributed by atoms with Crippen molar-refractivity contribution in [3.05, 3.63) is 65.2 Å². The minimum absolute atomic E-state index is 0.0167. The van der Waals surface area contributed by atoms with Crippen molar-refractivity contribution in [2.24, 2.45) is 0 Å². The van der Waals surface area contributed by atoms with E-state index in [1.807, 2.05) is 48.2 Å². The molecule has 28 heavy (non-hydrogen) atoms. The standard InChI is InChI=1S/C22H24N2O4/c1-15-12-17(27-2)8-9-18(15)21(26)24-11-10-22(16-6-4-3-5-7-16)19(13-24)28-14-20(25)23-22/h3-9,12,19H,10-11,13-14H2,1-2H3,(H,23,25)/t19-,22+/m1/s1. The number of hydrogen-bond donors (Lipinski definition) is 1. The largest absolute Gasteiger partial charge is 0.497 e. The highest BCUT2D eigenvalue weighted by Gasteiger charge is 2.49. The first-order valence-electron chi connectivity index (χ1n) is 9.45. The maximum Gasteiger partial charge on any atom is 0.254 e. The van der Waals surface area contributed by atoms with Gasteiger partial charge in [-0.3, -0.25) is 9.59 Å². The Morgan fingerprint density at radius 3 is 2.75 bits per heavy atom. The highest BCUT2D eigenvalue weighted by atomic mass is 16.5. The minimum atomic E-state index is -0.595. The van der Waals surface area contributed by atoms with Crippen LogP contribution in [-0.2, 0) is 15.1 Å². The molecule has 0 saturated carbocycles. The molecule has 0 unspecified atom stereocenters. The van der Waals surface area contributed by atoms with Gasteiger partial charge < -0.3 is 19.7 Å². The molecular weight excluding hydrogens is 356 g/mol. The number of methoxy groups -OCH3 is 1. The van der Waals surface area contributed by atoms with Crippen LogP contribution in [0, 0.1) is 6.92 Å². The summed E-state index contributed by atoms with van der Waals surface area (Å²) in [5, 5.41) is 3.16. The Balaban J connectivity index is 1.60. The first kappa shape index (κ1) is 18.5. The number of carbonyl (C=O) groups is 2. The van der Waals surface area contributed by atoms with E-state index in [9.17, 15) is 9.59 Å². The second-order valence-corrected chi connectivity index (χ2v) is 7.37. The van der Waals surface area contributed by atoms with Gasteiger partial charge in [0.1, 0.15) is 18.5 Å². The molecule has 2 aliphatic rings. The van der Waals surface area contributed by atoms with Crippen molar-refractivity contribution in [3.8, 4) is 5.75 Å². The van der Waals surface area contributed by atoms with Gasteiger partial charge in [-0.2, -0.15) is 0 Å². The van der Waals surface area contributed by atoms with Crippen molar-refractivity contribution in [1.82, 2.24) is 10.2 Å². The number of fused-ring (bicyclic) bond motifs is 1. The maximum atomic E-state index is 13.1. The molecule has 0 bridgehead atoms. The minimum Gasteiger partial charge on any atom is -0.497 e. The van der Waals surface area contributed by atoms with Gasteiger partial charge in [0.05, 0.1) is 12.6 Å². The van der Waals surface area contributed by atoms with Crippen LogP contribution in [0.15, 0.2) is 48.5 Å². The number of benzene rings is 2. The van der Waals surface area contributed by atoms with E-state index in [2.05, 4.69) is 5.32 Å². The number of piperidine rings is 1. The lowest BCUT2D eigenvalue weighted by molar-refractivity contribution is -0.150. The lowest BCUT2D eigenvalue weighted by Gasteiger charge is -2.50. The van der Waals surface area contributed by atoms with Gasteiger partial charge in [-0.15, -0.1) is 0 Å². The molecule has 2 atom stereocenters. The zero-order valence-corrected chi connectivity index (χ0v) is 16.1. The smallest absolute Gasteiger partial charge is 0.254 e. The van der Waals surface area contributed by atoms with Gasteiger partial charge in [0.25, 0.3) is 5.91 Å². The molecule has 2 heterocycles. The lowest BCUT2D eigenvalue weighted by atomic mass is 9.77. The summed E-state index contributed by atoms with van der Waals surface area (Å²) in [4.78, 5) is 27.1. The molecule has 2 aromatic carbocycles. The quantitative estimate of drug-likeness (QED) is 0.887. The summed E-state index contributed by atoms with van der Waals surface area (Å²) in [6.45, 7) is 2.90. The van der Waals surface area contributed by atoms with Crippen molar-refractivity contribution >= 4 is 11.8 Å². The van der Waals surface area contributed by atoms with Crippen LogP contribution < -0.4 is 10.1 Å². The van der Waals surface area contributed by atoms with Crippen molar-refractivity contribution in [2.45, 2.75) is 25.0 Å². The number of aryl methyl sites for hydroxylation is 1. The van der Waals surface area contributed by atoms with Gasteiger partial charge in [-0.05, 0) is 42.7 Å². The summed E-state index contributed by atoms with van der Waals surface area (Å²) in [5.74, 6) is 0.585. The third-order valence-corrected chi connectivity index (χ3v) is 5.73. The van der Waals surface area contributed by atoms with Crippen LogP contribution >= 0.6 is 0 Å². The molecule has 1 N–H and O–H groups in total. The number of nitrogens with one attached hydrogen (secondary N) is 1. The van der Waals surface area contributed by atoms with Crippen molar-refractivity contribution in [3.63, 3.8) is 0 Å². The van der Waals surface area contributed by atoms with Crippen LogP contribution in [0.5, 0.6) is 5.75 Å². The molecule has 0 radical (unpaired) electrons. The van der Waals surface area contributed by atoms with Crippen LogP contribution in [0.2, 0.25) is 0 Å². The number of rotatable bonds is 3. The Kier molecular flexibility index (Phi) is 4.81. The van der Waals surface area contributed by atoms with Crippen molar-refractivity contribution in [1.29, 1.82) is 0 Å². The Labute approximate surface area is 164 Å². The molecule has 0 spiro atoms. The molecule has 2 aliphatic heterocycles. The van der Waals surface area contributed by atoms with Gasteiger partial charge in [-0.1, -0.05) is 30.3 Å². The Bertz CT molecular complexity index is 899. The third kappa shape index (κ3) is 3.14. The number of amides is 2. The Hall–Kier alpha value is -2.86. The van der Waals surface area contributed by atoms with E-state index in [4.69, 9.17) is 9.47 Å². The number of carbonyl (C=O) groups excluding carboxylic acids is 2. The van der Waals surface area contributed by atoms with Gasteiger partial charge in [0.15, 0.2) is 0 Å². The molecule has 0 aromatic heterocycles. The number of hydrogen-bond acceptors (Lipinski definition) is 4. The predicted octanol–water partition coefficient (Wildman–Crippen LogP) is 2.26. The Morgan fingerprint density at radius 2 is 2.04 bits per heavy atom. The summed E-state index contributed by atoms with van der Waals surface area (Å²) < 4.78 is 11.1. The second-order valence-electron chi connectivity index (χ2n) is 7.37. The number of likely N-dealkylation sites (tertiary alicyclic amines) is 1. The average molecular weight is 380 g/mol. The maximum absolute atomic E-state index is 13.1. The fourth-order valence-corrected chi connectivity index (χ4v) is 4.21. The molecule has 2 fully saturated rings. The van der Waals surface area contributed by atoms with E-state index >= 15 is 0 Å². The van der Waals surface area contributed by atoms with Crippen molar-refractivity contribution < 1.29 is 19.1 Å². The molecule has 4 rings (SSSR count). The van der Waals surface area contributed by atoms with Crippen LogP contribution in [-0.4, -0.2) is 49.6 Å². The summed E-state index contributed by atoms with van der Waals surface area (Å²) in [6, 6.07) is 15.4. The van der Waals surface area contributed by atoms with Gasteiger partial charge in [0.2, 0.25) is 5.91 Å². The van der Waals surface area contributed by atoms with Gasteiger partial charge in [-0.25, -0.2) is 0 Å². The Morgan fingerprint density at radius 1 is 1.25 bits per heavy atom. The number of morpholine rings is 1. The highest BCUT2D eigenvalue weighted by Crippen LogP contribution is 2.37. The fourth-order valence-electron chi connectivity index (χ4n) is 4.21. The van der Waals surface area contributed by atoms with E-state index in [1.165, 1.54) is 0 Å². The van der Waals surface area contributed by atoms with E-state index in [0.29, 0.717) is 25.1 Å². The molecule has 2 amide bonds. The van der Waals surface area contributed by atoms with Crippen LogP contribution in [0.3, 0.4) is 0 Å². The summed E-state index contributed by atoms with van der Waals surface area (Å²) >= 11 is 0. The van der Waals surface area contributed by atoms with Crippen molar-refractivity contribution in [2.75, 3.05) is 26.8 Å². The monoisotopic (exact) mass is 380 g/mol. The summed E-state index contributed by atoms with van der Waals surface area (Å²) in [6.07, 6.45) is 0.317. The fraction of sp³-hybridized carbons (Fsp3) is 0.364. The summed E-state index contributed by atoms with van der Waals surface area (Å²) in [5.41, 5.74) is 1.96. The van der Waals surface area contributed by atoms with E-state index < -0.39 is 5.54 Å². The lowest BCUT2D eigenvalue weighted by Crippen LogP contribution is -2.67. The van der Waals surface area contributed by atoms with Crippen LogP contribution in [0.4, 0.5) is 0 Å². The molecule has 0 aliphatic carbocycles. The van der Waals surface area contributed by atoms with Gasteiger partial charge in [0, 0.05) is 18.7 Å². The summed E-state index contributed by atoms with van der Waals surface area (Å²) in [7, 11) is 1.61. The second kappa shape index (κ2) is 7.28. The van der Waals surface area contributed by atoms with E-state index in [1.54, 1.807) is 19.2 Å². The van der Waals surface area contributed by atoms with E-state index in [-0.39, 0.29) is 24.5 Å². The molecular formula is C22H24N2O4. The first-order valence-corrected chi connectivity index (χ1v) is 9.45. The predicted molar refractivity (Wildman–Crippen MR) is 104 cm³/mol. The van der Waals surface area contributed by atoms with Crippen LogP contribution in [0.25, 0.3) is 0 Å². The normalized spacial score (nSPS) is 24.3.